The van der Waals surface area contributed by atoms with Gasteiger partial charge in [-0.2, -0.15) is 0 Å². The Kier molecular flexibility index (Phi) is 4.59. The molecule has 2 nitrogen and oxygen atoms in total. The molecular formula is C4H10N2SSi. The molecule has 46 valence electrons. The van der Waals surface area contributed by atoms with Gasteiger partial charge in [0, 0.05) is 0 Å². The second kappa shape index (κ2) is 4.80. The van der Waals surface area contributed by atoms with E-state index in [-0.39, 0.29) is 9.68 Å². The maximum absolute atomic E-state index is 5.15. The lowest BCUT2D eigenvalue weighted by atomic mass is 10.8. The summed E-state index contributed by atoms with van der Waals surface area (Å²) < 4.78 is 0. The molecule has 0 rings (SSSR count). The van der Waals surface area contributed by atoms with Gasteiger partial charge in [0.15, 0.2) is 5.11 Å². The van der Waals surface area contributed by atoms with Crippen LogP contribution in [0, 0.1) is 0 Å². The van der Waals surface area contributed by atoms with Crippen molar-refractivity contribution in [2.24, 2.45) is 5.73 Å². The lowest BCUT2D eigenvalue weighted by Gasteiger charge is -1.96. The predicted octanol–water partition coefficient (Wildman–Crippen LogP) is -0.492. The SMILES string of the molecule is C=CC[SiH2]NC(N)=S. The standard InChI is InChI=1S/C4H10N2SSi/c1-2-3-8-6-4(5)7/h2H,1,3,8H2,(H3,5,6,7). The van der Waals surface area contributed by atoms with Crippen LogP contribution in [0.3, 0.4) is 0 Å². The normalized spacial score (nSPS) is 9.50. The van der Waals surface area contributed by atoms with Crippen LogP contribution >= 0.6 is 12.2 Å². The van der Waals surface area contributed by atoms with Crippen molar-refractivity contribution in [2.75, 3.05) is 0 Å². The van der Waals surface area contributed by atoms with E-state index in [1.54, 1.807) is 0 Å². The first-order valence-corrected chi connectivity index (χ1v) is 4.53. The molecule has 0 bridgehead atoms. The molecule has 0 radical (unpaired) electrons. The van der Waals surface area contributed by atoms with Crippen molar-refractivity contribution in [1.82, 2.24) is 4.98 Å². The Morgan fingerprint density at radius 3 is 3.00 bits per heavy atom. The van der Waals surface area contributed by atoms with Crippen LogP contribution in [-0.2, 0) is 0 Å². The van der Waals surface area contributed by atoms with Crippen molar-refractivity contribution in [1.29, 1.82) is 0 Å². The summed E-state index contributed by atoms with van der Waals surface area (Å²) in [6, 6.07) is 1.04. The molecule has 0 heterocycles. The maximum atomic E-state index is 5.15. The number of nitrogens with two attached hydrogens (primary N) is 1. The smallest absolute Gasteiger partial charge is 0.155 e. The molecule has 0 aromatic heterocycles. The van der Waals surface area contributed by atoms with E-state index < -0.39 is 0 Å². The molecule has 0 saturated carbocycles. The molecule has 0 aliphatic rings. The average molecular weight is 146 g/mol. The van der Waals surface area contributed by atoms with Crippen LogP contribution in [0.4, 0.5) is 0 Å². The van der Waals surface area contributed by atoms with E-state index in [2.05, 4.69) is 23.8 Å². The lowest BCUT2D eigenvalue weighted by Crippen LogP contribution is -2.31. The van der Waals surface area contributed by atoms with E-state index in [1.165, 1.54) is 0 Å². The van der Waals surface area contributed by atoms with Gasteiger partial charge in [-0.15, -0.1) is 6.58 Å². The Labute approximate surface area is 57.0 Å². The van der Waals surface area contributed by atoms with Crippen LogP contribution in [0.2, 0.25) is 6.04 Å². The van der Waals surface area contributed by atoms with Gasteiger partial charge in [0.05, 0.1) is 0 Å². The summed E-state index contributed by atoms with van der Waals surface area (Å²) in [7, 11) is -0.270. The Balaban J connectivity index is 2.93. The van der Waals surface area contributed by atoms with E-state index >= 15 is 0 Å². The summed E-state index contributed by atoms with van der Waals surface area (Å²) in [5.74, 6) is 0. The van der Waals surface area contributed by atoms with Crippen molar-refractivity contribution >= 4 is 27.0 Å². The van der Waals surface area contributed by atoms with E-state index in [0.717, 1.165) is 6.04 Å². The van der Waals surface area contributed by atoms with Crippen LogP contribution in [0.1, 0.15) is 0 Å². The molecule has 8 heavy (non-hydrogen) atoms. The molecule has 0 unspecified atom stereocenters. The van der Waals surface area contributed by atoms with E-state index in [4.69, 9.17) is 5.73 Å². The third-order valence-corrected chi connectivity index (χ3v) is 2.38. The molecule has 4 heteroatoms. The van der Waals surface area contributed by atoms with Crippen LogP contribution in [-0.4, -0.2) is 14.8 Å². The number of hydrogen-bond acceptors (Lipinski definition) is 1. The van der Waals surface area contributed by atoms with Gasteiger partial charge in [-0.1, -0.05) is 6.08 Å². The van der Waals surface area contributed by atoms with Crippen molar-refractivity contribution < 1.29 is 0 Å². The highest BCUT2D eigenvalue weighted by Crippen LogP contribution is 1.72. The molecule has 0 aromatic rings. The molecule has 0 aliphatic heterocycles. The average Bonchev–Trinajstić information content (AvgIpc) is 1.66. The Morgan fingerprint density at radius 1 is 2.00 bits per heavy atom. The zero-order valence-corrected chi connectivity index (χ0v) is 6.91. The number of rotatable bonds is 3. The topological polar surface area (TPSA) is 38.0 Å². The van der Waals surface area contributed by atoms with Crippen molar-refractivity contribution in [2.45, 2.75) is 6.04 Å². The molecule has 0 fully saturated rings. The summed E-state index contributed by atoms with van der Waals surface area (Å²) in [4.78, 5) is 2.92. The van der Waals surface area contributed by atoms with Gasteiger partial charge in [-0.25, -0.2) is 0 Å². The minimum absolute atomic E-state index is 0.270. The number of nitrogens with one attached hydrogen (secondary N) is 1. The fourth-order valence-corrected chi connectivity index (χ4v) is 1.20. The number of hydrogen-bond donors (Lipinski definition) is 2. The minimum Gasteiger partial charge on any atom is -0.394 e. The second-order valence-corrected chi connectivity index (χ2v) is 3.24. The summed E-state index contributed by atoms with van der Waals surface area (Å²) in [6.07, 6.45) is 1.87. The highest BCUT2D eigenvalue weighted by molar-refractivity contribution is 7.80. The molecule has 3 N–H and O–H groups in total. The molecule has 0 spiro atoms. The molecule has 0 amide bonds. The van der Waals surface area contributed by atoms with Gasteiger partial charge >= 0.3 is 0 Å². The van der Waals surface area contributed by atoms with Gasteiger partial charge < -0.3 is 10.7 Å². The summed E-state index contributed by atoms with van der Waals surface area (Å²) >= 11 is 4.58. The third-order valence-electron chi connectivity index (χ3n) is 0.648. The monoisotopic (exact) mass is 146 g/mol. The van der Waals surface area contributed by atoms with E-state index in [0.29, 0.717) is 5.11 Å². The van der Waals surface area contributed by atoms with Gasteiger partial charge in [0.25, 0.3) is 0 Å². The summed E-state index contributed by atoms with van der Waals surface area (Å²) in [6.45, 7) is 3.57. The molecular weight excluding hydrogens is 136 g/mol. The predicted molar refractivity (Wildman–Crippen MR) is 43.5 cm³/mol. The van der Waals surface area contributed by atoms with Crippen LogP contribution in [0.5, 0.6) is 0 Å². The highest BCUT2D eigenvalue weighted by Gasteiger charge is 1.82. The zero-order valence-electron chi connectivity index (χ0n) is 4.68. The van der Waals surface area contributed by atoms with Crippen molar-refractivity contribution in [3.63, 3.8) is 0 Å². The van der Waals surface area contributed by atoms with Crippen molar-refractivity contribution in [3.8, 4) is 0 Å². The molecule has 0 atom stereocenters. The minimum atomic E-state index is -0.270. The quantitative estimate of drug-likeness (QED) is 0.244. The second-order valence-electron chi connectivity index (χ2n) is 1.37. The zero-order chi connectivity index (χ0) is 6.41. The van der Waals surface area contributed by atoms with Gasteiger partial charge in [0.2, 0.25) is 0 Å². The third kappa shape index (κ3) is 5.65. The van der Waals surface area contributed by atoms with Gasteiger partial charge in [-0.3, -0.25) is 0 Å². The Morgan fingerprint density at radius 2 is 2.62 bits per heavy atom. The fourth-order valence-electron chi connectivity index (χ4n) is 0.297. The number of thiocarbonyl (C=S) groups is 1. The number of allylic oxidation sites excluding steroid dienone is 1. The Bertz CT molecular complexity index is 94.0. The van der Waals surface area contributed by atoms with Crippen molar-refractivity contribution in [3.05, 3.63) is 12.7 Å². The first-order valence-electron chi connectivity index (χ1n) is 2.41. The molecule has 0 aromatic carbocycles. The van der Waals surface area contributed by atoms with Crippen LogP contribution in [0.15, 0.2) is 12.7 Å². The first-order chi connectivity index (χ1) is 3.77. The maximum Gasteiger partial charge on any atom is 0.155 e. The highest BCUT2D eigenvalue weighted by atomic mass is 32.1. The van der Waals surface area contributed by atoms with Gasteiger partial charge in [0.1, 0.15) is 9.68 Å². The lowest BCUT2D eigenvalue weighted by molar-refractivity contribution is 1.41. The fraction of sp³-hybridized carbons (Fsp3) is 0.250. The first kappa shape index (κ1) is 7.65. The van der Waals surface area contributed by atoms with Gasteiger partial charge in [-0.05, 0) is 18.3 Å². The summed E-state index contributed by atoms with van der Waals surface area (Å²) in [5, 5.41) is 0.415. The van der Waals surface area contributed by atoms with E-state index in [9.17, 15) is 0 Å². The van der Waals surface area contributed by atoms with E-state index in [1.807, 2.05) is 6.08 Å². The summed E-state index contributed by atoms with van der Waals surface area (Å²) in [5.41, 5.74) is 5.15. The largest absolute Gasteiger partial charge is 0.394 e. The Hall–Kier alpha value is -0.353. The van der Waals surface area contributed by atoms with Crippen LogP contribution < -0.4 is 10.7 Å². The molecule has 0 saturated heterocycles. The van der Waals surface area contributed by atoms with Crippen LogP contribution in [0.25, 0.3) is 0 Å². The molecule has 0 aliphatic carbocycles.